The summed E-state index contributed by atoms with van der Waals surface area (Å²) in [4.78, 5) is 12.8. The highest BCUT2D eigenvalue weighted by Gasteiger charge is 2.34. The van der Waals surface area contributed by atoms with Gasteiger partial charge in [0.2, 0.25) is 5.91 Å². The number of amides is 1. The van der Waals surface area contributed by atoms with Gasteiger partial charge in [0.05, 0.1) is 31.5 Å². The van der Waals surface area contributed by atoms with Crippen LogP contribution < -0.4 is 11.1 Å². The monoisotopic (exact) mass is 522 g/mol. The minimum Gasteiger partial charge on any atom is -0.351 e. The molecular formula is C19H19BrClF3N4OS. The molecule has 5 nitrogen and oxygen atoms in total. The summed E-state index contributed by atoms with van der Waals surface area (Å²) in [7, 11) is 1.79. The number of carbonyl (C=O) groups is 1. The Morgan fingerprint density at radius 2 is 2.23 bits per heavy atom. The highest BCUT2D eigenvalue weighted by atomic mass is 79.9. The van der Waals surface area contributed by atoms with Gasteiger partial charge in [-0.3, -0.25) is 9.48 Å². The highest BCUT2D eigenvalue weighted by molar-refractivity contribution is 9.10. The maximum absolute atomic E-state index is 12.9. The molecule has 11 heteroatoms. The number of benzene rings is 1. The zero-order valence-electron chi connectivity index (χ0n) is 15.8. The summed E-state index contributed by atoms with van der Waals surface area (Å²) in [6.07, 6.45) is -2.15. The molecule has 0 fully saturated rings. The highest BCUT2D eigenvalue weighted by Crippen LogP contribution is 2.46. The van der Waals surface area contributed by atoms with Crippen molar-refractivity contribution in [1.29, 1.82) is 0 Å². The van der Waals surface area contributed by atoms with E-state index in [9.17, 15) is 18.0 Å². The molecule has 0 bridgehead atoms. The number of hydrogen-bond donors (Lipinski definition) is 2. The van der Waals surface area contributed by atoms with Crippen LogP contribution in [0.15, 0.2) is 39.3 Å². The van der Waals surface area contributed by atoms with Crippen LogP contribution in [0.3, 0.4) is 0 Å². The van der Waals surface area contributed by atoms with E-state index < -0.39 is 23.0 Å². The van der Waals surface area contributed by atoms with Crippen molar-refractivity contribution in [3.63, 3.8) is 0 Å². The van der Waals surface area contributed by atoms with Crippen molar-refractivity contribution in [3.8, 4) is 0 Å². The zero-order chi connectivity index (χ0) is 22.1. The Morgan fingerprint density at radius 1 is 1.50 bits per heavy atom. The number of nitrogens with one attached hydrogen (secondary N) is 1. The number of hydrogen-bond acceptors (Lipinski definition) is 4. The molecular weight excluding hydrogens is 505 g/mol. The summed E-state index contributed by atoms with van der Waals surface area (Å²) < 4.78 is 41.8. The van der Waals surface area contributed by atoms with E-state index in [1.54, 1.807) is 24.0 Å². The molecule has 162 valence electrons. The molecule has 1 unspecified atom stereocenters. The molecule has 1 amide bonds. The summed E-state index contributed by atoms with van der Waals surface area (Å²) in [5.41, 5.74) is 7.12. The fraction of sp³-hybridized carbons (Fsp3) is 0.368. The molecule has 3 rings (SSSR count). The number of aryl methyl sites for hydroxylation is 1. The predicted octanol–water partition coefficient (Wildman–Crippen LogP) is 4.30. The quantitative estimate of drug-likeness (QED) is 0.592. The number of rotatable bonds is 6. The van der Waals surface area contributed by atoms with Gasteiger partial charge in [-0.2, -0.15) is 18.3 Å². The van der Waals surface area contributed by atoms with E-state index in [2.05, 4.69) is 26.3 Å². The lowest BCUT2D eigenvalue weighted by atomic mass is 10.0. The molecule has 0 aliphatic carbocycles. The van der Waals surface area contributed by atoms with Crippen LogP contribution in [0.1, 0.15) is 23.2 Å². The molecule has 2 atom stereocenters. The van der Waals surface area contributed by atoms with Crippen LogP contribution in [-0.2, 0) is 24.4 Å². The zero-order valence-corrected chi connectivity index (χ0v) is 19.0. The molecule has 1 aliphatic rings. The van der Waals surface area contributed by atoms with Gasteiger partial charge in [-0.1, -0.05) is 41.6 Å². The Kier molecular flexibility index (Phi) is 7.21. The van der Waals surface area contributed by atoms with E-state index in [-0.39, 0.29) is 18.9 Å². The van der Waals surface area contributed by atoms with Gasteiger partial charge in [0.1, 0.15) is 0 Å². The first kappa shape index (κ1) is 23.2. The van der Waals surface area contributed by atoms with Crippen molar-refractivity contribution in [3.05, 3.63) is 56.1 Å². The number of thioether (sulfide) groups is 1. The molecule has 0 saturated heterocycles. The topological polar surface area (TPSA) is 72.9 Å². The van der Waals surface area contributed by atoms with Crippen LogP contribution in [0.5, 0.6) is 0 Å². The third-order valence-corrected chi connectivity index (χ3v) is 6.91. The van der Waals surface area contributed by atoms with Crippen LogP contribution in [0.25, 0.3) is 5.57 Å². The normalized spacial score (nSPS) is 18.0. The van der Waals surface area contributed by atoms with Gasteiger partial charge in [-0.15, -0.1) is 0 Å². The molecule has 0 saturated carbocycles. The Hall–Kier alpha value is -1.49. The largest absolute Gasteiger partial charge is 0.416 e. The molecule has 1 aliphatic heterocycles. The van der Waals surface area contributed by atoms with Crippen LogP contribution in [-0.4, -0.2) is 33.5 Å². The van der Waals surface area contributed by atoms with Crippen molar-refractivity contribution in [2.24, 2.45) is 12.8 Å². The number of nitrogens with two attached hydrogens (primary N) is 1. The lowest BCUT2D eigenvalue weighted by Crippen LogP contribution is -2.45. The Balaban J connectivity index is 1.65. The molecule has 0 spiro atoms. The Morgan fingerprint density at radius 3 is 2.83 bits per heavy atom. The first-order valence-corrected chi connectivity index (χ1v) is 11.0. The van der Waals surface area contributed by atoms with E-state index in [1.165, 1.54) is 17.8 Å². The van der Waals surface area contributed by atoms with Gasteiger partial charge in [-0.25, -0.2) is 0 Å². The van der Waals surface area contributed by atoms with Crippen molar-refractivity contribution < 1.29 is 18.0 Å². The van der Waals surface area contributed by atoms with Crippen LogP contribution >= 0.6 is 39.3 Å². The molecule has 1 aromatic heterocycles. The Bertz CT molecular complexity index is 959. The van der Waals surface area contributed by atoms with Gasteiger partial charge in [0.15, 0.2) is 0 Å². The molecule has 3 N–H and O–H groups in total. The SMILES string of the molecule is Cn1ncc(Br)c1C1=C(Cl)SC(C(=O)N[C@H](CN)Cc2cccc(C(F)(F)F)c2)C1. The minimum atomic E-state index is -4.42. The van der Waals surface area contributed by atoms with Crippen LogP contribution in [0.2, 0.25) is 0 Å². The summed E-state index contributed by atoms with van der Waals surface area (Å²) in [6, 6.07) is 4.54. The average molecular weight is 524 g/mol. The Labute approximate surface area is 189 Å². The fourth-order valence-corrected chi connectivity index (χ4v) is 5.31. The number of carbonyl (C=O) groups excluding carboxylic acids is 1. The summed E-state index contributed by atoms with van der Waals surface area (Å²) in [6.45, 7) is 0.0979. The molecule has 2 heterocycles. The summed E-state index contributed by atoms with van der Waals surface area (Å²) >= 11 is 11.1. The molecule has 30 heavy (non-hydrogen) atoms. The minimum absolute atomic E-state index is 0.0979. The number of nitrogens with zero attached hydrogens (tertiary/aromatic N) is 2. The molecule has 2 aromatic rings. The van der Waals surface area contributed by atoms with Gasteiger partial charge < -0.3 is 11.1 Å². The van der Waals surface area contributed by atoms with Crippen molar-refractivity contribution in [2.45, 2.75) is 30.3 Å². The smallest absolute Gasteiger partial charge is 0.351 e. The van der Waals surface area contributed by atoms with Crippen molar-refractivity contribution in [1.82, 2.24) is 15.1 Å². The van der Waals surface area contributed by atoms with E-state index in [0.717, 1.165) is 27.9 Å². The fourth-order valence-electron chi connectivity index (χ4n) is 3.24. The van der Waals surface area contributed by atoms with E-state index in [0.29, 0.717) is 16.3 Å². The third kappa shape index (κ3) is 5.22. The first-order valence-electron chi connectivity index (χ1n) is 9.00. The number of allylic oxidation sites excluding steroid dienone is 1. The third-order valence-electron chi connectivity index (χ3n) is 4.71. The second-order valence-corrected chi connectivity index (χ2v) is 9.54. The van der Waals surface area contributed by atoms with Gasteiger partial charge >= 0.3 is 6.18 Å². The van der Waals surface area contributed by atoms with Crippen LogP contribution in [0.4, 0.5) is 13.2 Å². The predicted molar refractivity (Wildman–Crippen MR) is 116 cm³/mol. The van der Waals surface area contributed by atoms with Gasteiger partial charge in [0.25, 0.3) is 0 Å². The number of alkyl halides is 3. The number of aromatic nitrogens is 2. The standard InChI is InChI=1S/C19H19BrClF3N4OS/c1-28-16(14(20)9-26-28)13-7-15(30-17(13)21)18(29)27-12(8-25)6-10-3-2-4-11(5-10)19(22,23)24/h2-5,9,12,15H,6-8,25H2,1H3,(H,27,29)/t12-,15?/m0/s1. The van der Waals surface area contributed by atoms with E-state index in [1.807, 2.05) is 0 Å². The van der Waals surface area contributed by atoms with E-state index in [4.69, 9.17) is 17.3 Å². The van der Waals surface area contributed by atoms with Crippen molar-refractivity contribution in [2.75, 3.05) is 6.54 Å². The lowest BCUT2D eigenvalue weighted by Gasteiger charge is -2.20. The summed E-state index contributed by atoms with van der Waals surface area (Å²) in [5.74, 6) is -0.256. The maximum atomic E-state index is 12.9. The maximum Gasteiger partial charge on any atom is 0.416 e. The second-order valence-electron chi connectivity index (χ2n) is 6.87. The van der Waals surface area contributed by atoms with E-state index >= 15 is 0 Å². The summed E-state index contributed by atoms with van der Waals surface area (Å²) in [5, 5.41) is 6.56. The average Bonchev–Trinajstić information content (AvgIpc) is 3.22. The molecule has 1 aromatic carbocycles. The lowest BCUT2D eigenvalue weighted by molar-refractivity contribution is -0.137. The first-order chi connectivity index (χ1) is 14.1. The van der Waals surface area contributed by atoms with Crippen LogP contribution in [0, 0.1) is 0 Å². The van der Waals surface area contributed by atoms with Gasteiger partial charge in [0, 0.05) is 25.2 Å². The molecule has 0 radical (unpaired) electrons. The van der Waals surface area contributed by atoms with Gasteiger partial charge in [-0.05, 0) is 40.4 Å². The second kappa shape index (κ2) is 9.33. The van der Waals surface area contributed by atoms with Crippen molar-refractivity contribution >= 4 is 50.8 Å². The number of halogens is 5.